The molecule has 1 aliphatic heterocycles. The van der Waals surface area contributed by atoms with Crippen LogP contribution in [0, 0.1) is 13.8 Å². The van der Waals surface area contributed by atoms with Gasteiger partial charge in [0.2, 0.25) is 20.0 Å². The Morgan fingerprint density at radius 1 is 0.828 bits per heavy atom. The number of halogens is 1. The first kappa shape index (κ1) is 22.2. The molecule has 158 valence electrons. The Morgan fingerprint density at radius 2 is 1.34 bits per heavy atom. The quantitative estimate of drug-likeness (QED) is 0.692. The molecular formula is C20H25ClN2O4S2. The van der Waals surface area contributed by atoms with Crippen molar-refractivity contribution in [1.29, 1.82) is 0 Å². The second kappa shape index (κ2) is 8.35. The molecule has 0 aromatic heterocycles. The Kier molecular flexibility index (Phi) is 6.41. The Hall–Kier alpha value is -1.45. The first-order valence-corrected chi connectivity index (χ1v) is 12.7. The van der Waals surface area contributed by atoms with Crippen LogP contribution in [0.1, 0.15) is 23.6 Å². The smallest absolute Gasteiger partial charge is 0.207 e. The van der Waals surface area contributed by atoms with Crippen molar-refractivity contribution in [3.8, 4) is 0 Å². The van der Waals surface area contributed by atoms with Crippen LogP contribution in [-0.4, -0.2) is 51.6 Å². The highest BCUT2D eigenvalue weighted by Gasteiger charge is 2.34. The van der Waals surface area contributed by atoms with E-state index in [1.54, 1.807) is 50.2 Å². The average molecular weight is 457 g/mol. The SMILES string of the molecule is CCc1ccc(S(=O)(=O)N2CCN(S(=O)(=O)c3cc(C)c(Cl)cc3C)CC2)cc1. The second-order valence-electron chi connectivity index (χ2n) is 7.17. The summed E-state index contributed by atoms with van der Waals surface area (Å²) in [6.45, 7) is 5.91. The van der Waals surface area contributed by atoms with Gasteiger partial charge >= 0.3 is 0 Å². The van der Waals surface area contributed by atoms with Gasteiger partial charge in [-0.15, -0.1) is 0 Å². The lowest BCUT2D eigenvalue weighted by atomic mass is 10.2. The fourth-order valence-corrected chi connectivity index (χ4v) is 6.72. The van der Waals surface area contributed by atoms with E-state index in [1.165, 1.54) is 8.61 Å². The number of sulfonamides is 2. The predicted octanol–water partition coefficient (Wildman–Crippen LogP) is 3.21. The van der Waals surface area contributed by atoms with Crippen molar-refractivity contribution in [1.82, 2.24) is 8.61 Å². The summed E-state index contributed by atoms with van der Waals surface area (Å²) in [5.74, 6) is 0. The van der Waals surface area contributed by atoms with E-state index in [0.29, 0.717) is 16.1 Å². The number of hydrogen-bond donors (Lipinski definition) is 0. The molecular weight excluding hydrogens is 432 g/mol. The van der Waals surface area contributed by atoms with Crippen molar-refractivity contribution >= 4 is 31.6 Å². The van der Waals surface area contributed by atoms with E-state index < -0.39 is 20.0 Å². The van der Waals surface area contributed by atoms with Gasteiger partial charge in [0.25, 0.3) is 0 Å². The van der Waals surface area contributed by atoms with Crippen LogP contribution < -0.4 is 0 Å². The van der Waals surface area contributed by atoms with Gasteiger partial charge in [-0.2, -0.15) is 8.61 Å². The third-order valence-electron chi connectivity index (χ3n) is 5.24. The standard InChI is InChI=1S/C20H25ClN2O4S2/c1-4-17-5-7-18(8-6-17)28(24,25)22-9-11-23(12-10-22)29(26,27)20-14-15(2)19(21)13-16(20)3/h5-8,13-14H,4,9-12H2,1-3H3. The van der Waals surface area contributed by atoms with Gasteiger partial charge in [0.1, 0.15) is 0 Å². The molecule has 0 bridgehead atoms. The van der Waals surface area contributed by atoms with Crippen LogP contribution in [0.15, 0.2) is 46.2 Å². The number of benzene rings is 2. The van der Waals surface area contributed by atoms with E-state index in [2.05, 4.69) is 0 Å². The van der Waals surface area contributed by atoms with Gasteiger partial charge in [-0.3, -0.25) is 0 Å². The maximum atomic E-state index is 13.1. The molecule has 1 saturated heterocycles. The molecule has 0 amide bonds. The topological polar surface area (TPSA) is 74.8 Å². The predicted molar refractivity (Wildman–Crippen MR) is 114 cm³/mol. The number of piperazine rings is 1. The van der Waals surface area contributed by atoms with E-state index in [-0.39, 0.29) is 36.0 Å². The highest BCUT2D eigenvalue weighted by atomic mass is 35.5. The lowest BCUT2D eigenvalue weighted by Crippen LogP contribution is -2.50. The van der Waals surface area contributed by atoms with Gasteiger partial charge in [-0.05, 0) is 61.2 Å². The molecule has 6 nitrogen and oxygen atoms in total. The van der Waals surface area contributed by atoms with Crippen LogP contribution in [0.4, 0.5) is 0 Å². The Morgan fingerprint density at radius 3 is 1.86 bits per heavy atom. The van der Waals surface area contributed by atoms with E-state index in [0.717, 1.165) is 12.0 Å². The summed E-state index contributed by atoms with van der Waals surface area (Å²) in [7, 11) is -7.37. The molecule has 0 atom stereocenters. The Balaban J connectivity index is 1.78. The summed E-state index contributed by atoms with van der Waals surface area (Å²) in [6, 6.07) is 10.0. The molecule has 2 aromatic rings. The van der Waals surface area contributed by atoms with Crippen LogP contribution in [0.25, 0.3) is 0 Å². The van der Waals surface area contributed by atoms with Crippen molar-refractivity contribution in [2.24, 2.45) is 0 Å². The zero-order valence-corrected chi connectivity index (χ0v) is 19.1. The van der Waals surface area contributed by atoms with Crippen LogP contribution in [-0.2, 0) is 26.5 Å². The average Bonchev–Trinajstić information content (AvgIpc) is 2.70. The molecule has 1 heterocycles. The minimum absolute atomic E-state index is 0.107. The third-order valence-corrected chi connectivity index (χ3v) is 9.60. The van der Waals surface area contributed by atoms with Crippen molar-refractivity contribution in [3.63, 3.8) is 0 Å². The molecule has 1 fully saturated rings. The first-order valence-electron chi connectivity index (χ1n) is 9.43. The maximum absolute atomic E-state index is 13.1. The minimum Gasteiger partial charge on any atom is -0.207 e. The monoisotopic (exact) mass is 456 g/mol. The van der Waals surface area contributed by atoms with Crippen LogP contribution >= 0.6 is 11.6 Å². The van der Waals surface area contributed by atoms with E-state index in [4.69, 9.17) is 11.6 Å². The van der Waals surface area contributed by atoms with E-state index in [9.17, 15) is 16.8 Å². The highest BCUT2D eigenvalue weighted by molar-refractivity contribution is 7.89. The fourth-order valence-electron chi connectivity index (χ4n) is 3.37. The lowest BCUT2D eigenvalue weighted by molar-refractivity contribution is 0.272. The van der Waals surface area contributed by atoms with Crippen LogP contribution in [0.2, 0.25) is 5.02 Å². The fraction of sp³-hybridized carbons (Fsp3) is 0.400. The van der Waals surface area contributed by atoms with Gasteiger partial charge in [0.15, 0.2) is 0 Å². The molecule has 3 rings (SSSR count). The van der Waals surface area contributed by atoms with Crippen molar-refractivity contribution in [3.05, 3.63) is 58.1 Å². The Labute approximate surface area is 178 Å². The molecule has 1 aliphatic rings. The first-order chi connectivity index (χ1) is 13.6. The zero-order valence-electron chi connectivity index (χ0n) is 16.7. The summed E-state index contributed by atoms with van der Waals surface area (Å²) in [4.78, 5) is 0.445. The van der Waals surface area contributed by atoms with Gasteiger partial charge < -0.3 is 0 Å². The summed E-state index contributed by atoms with van der Waals surface area (Å²) in [5, 5.41) is 0.520. The summed E-state index contributed by atoms with van der Waals surface area (Å²) < 4.78 is 54.6. The second-order valence-corrected chi connectivity index (χ2v) is 11.4. The number of nitrogens with zero attached hydrogens (tertiary/aromatic N) is 2. The van der Waals surface area contributed by atoms with Crippen LogP contribution in [0.5, 0.6) is 0 Å². The molecule has 29 heavy (non-hydrogen) atoms. The van der Waals surface area contributed by atoms with Gasteiger partial charge in [0, 0.05) is 31.2 Å². The maximum Gasteiger partial charge on any atom is 0.243 e. The van der Waals surface area contributed by atoms with Gasteiger partial charge in [0.05, 0.1) is 9.79 Å². The molecule has 0 N–H and O–H groups in total. The van der Waals surface area contributed by atoms with Gasteiger partial charge in [-0.1, -0.05) is 30.7 Å². The van der Waals surface area contributed by atoms with Crippen molar-refractivity contribution in [2.45, 2.75) is 37.0 Å². The molecule has 2 aromatic carbocycles. The van der Waals surface area contributed by atoms with Crippen molar-refractivity contribution in [2.75, 3.05) is 26.2 Å². The van der Waals surface area contributed by atoms with E-state index >= 15 is 0 Å². The number of aryl methyl sites for hydroxylation is 3. The van der Waals surface area contributed by atoms with E-state index in [1.807, 2.05) is 6.92 Å². The lowest BCUT2D eigenvalue weighted by Gasteiger charge is -2.33. The molecule has 0 unspecified atom stereocenters. The highest BCUT2D eigenvalue weighted by Crippen LogP contribution is 2.28. The normalized spacial score (nSPS) is 16.8. The largest absolute Gasteiger partial charge is 0.243 e. The Bertz CT molecular complexity index is 1110. The third kappa shape index (κ3) is 4.36. The molecule has 0 saturated carbocycles. The van der Waals surface area contributed by atoms with Crippen molar-refractivity contribution < 1.29 is 16.8 Å². The molecule has 0 radical (unpaired) electrons. The van der Waals surface area contributed by atoms with Gasteiger partial charge in [-0.25, -0.2) is 16.8 Å². The molecule has 0 aliphatic carbocycles. The summed E-state index contributed by atoms with van der Waals surface area (Å²) in [6.07, 6.45) is 0.834. The van der Waals surface area contributed by atoms with Crippen LogP contribution in [0.3, 0.4) is 0 Å². The minimum atomic E-state index is -3.72. The summed E-state index contributed by atoms with van der Waals surface area (Å²) >= 11 is 6.09. The molecule has 0 spiro atoms. The summed E-state index contributed by atoms with van der Waals surface area (Å²) in [5.41, 5.74) is 2.33. The zero-order chi connectivity index (χ0) is 21.4. The number of hydrogen-bond acceptors (Lipinski definition) is 4. The molecule has 9 heteroatoms. The number of rotatable bonds is 5.